The van der Waals surface area contributed by atoms with Gasteiger partial charge in [0, 0.05) is 30.8 Å². The lowest BCUT2D eigenvalue weighted by Crippen LogP contribution is -2.52. The van der Waals surface area contributed by atoms with E-state index in [0.717, 1.165) is 6.21 Å². The lowest BCUT2D eigenvalue weighted by Gasteiger charge is -2.24. The summed E-state index contributed by atoms with van der Waals surface area (Å²) in [6.45, 7) is 3.71. The summed E-state index contributed by atoms with van der Waals surface area (Å²) in [4.78, 5) is 36.8. The molecule has 176 valence electrons. The van der Waals surface area contributed by atoms with Gasteiger partial charge in [0.1, 0.15) is 17.5 Å². The van der Waals surface area contributed by atoms with E-state index in [1.165, 1.54) is 0 Å². The monoisotopic (exact) mass is 455 g/mol. The zero-order valence-corrected chi connectivity index (χ0v) is 17.9. The third kappa shape index (κ3) is 7.24. The molecule has 1 fully saturated rings. The minimum absolute atomic E-state index is 0.0324. The van der Waals surface area contributed by atoms with Gasteiger partial charge in [-0.3, -0.25) is 14.4 Å². The molecule has 1 aromatic carbocycles. The first-order valence-electron chi connectivity index (χ1n) is 10.4. The Morgan fingerprint density at radius 1 is 1.22 bits per heavy atom. The van der Waals surface area contributed by atoms with E-state index in [4.69, 9.17) is 5.41 Å². The predicted molar refractivity (Wildman–Crippen MR) is 113 cm³/mol. The highest BCUT2D eigenvalue weighted by atomic mass is 19.1. The number of anilines is 1. The van der Waals surface area contributed by atoms with Gasteiger partial charge in [0.2, 0.25) is 17.7 Å². The maximum Gasteiger partial charge on any atom is 0.243 e. The highest BCUT2D eigenvalue weighted by molar-refractivity contribution is 5.90. The number of carbonyl (C=O) groups is 3. The average molecular weight is 455 g/mol. The highest BCUT2D eigenvalue weighted by Gasteiger charge is 2.29. The van der Waals surface area contributed by atoms with E-state index in [9.17, 15) is 27.6 Å². The molecular weight excluding hydrogens is 427 g/mol. The standard InChI is InChI=1S/C21H28F3N5O3/c1-11(2)5-17(21(32)28-14(9-25)6-12-3-4-26-20(12)31)29-18(30)10-27-19-15(23)7-13(22)8-16(19)24/h7-9,11-12,14,17,25,27H,3-6,10H2,1-2H3,(H,26,31)(H,28,32)(H,29,30)/t12-,14-,17-/m0/s1. The van der Waals surface area contributed by atoms with Crippen LogP contribution in [0.1, 0.15) is 33.1 Å². The second kappa shape index (κ2) is 11.5. The van der Waals surface area contributed by atoms with Gasteiger partial charge >= 0.3 is 0 Å². The summed E-state index contributed by atoms with van der Waals surface area (Å²) in [5, 5.41) is 17.7. The summed E-state index contributed by atoms with van der Waals surface area (Å²) in [7, 11) is 0. The SMILES string of the molecule is CC(C)C[C@H](NC(=O)CNc1c(F)cc(F)cc1F)C(=O)N[C@H](C=N)C[C@@H]1CCNC1=O. The van der Waals surface area contributed by atoms with Crippen LogP contribution in [0.3, 0.4) is 0 Å². The van der Waals surface area contributed by atoms with Crippen molar-refractivity contribution in [1.29, 1.82) is 5.41 Å². The summed E-state index contributed by atoms with van der Waals surface area (Å²) in [5.74, 6) is -5.07. The van der Waals surface area contributed by atoms with Gasteiger partial charge < -0.3 is 26.7 Å². The van der Waals surface area contributed by atoms with Crippen LogP contribution in [0.25, 0.3) is 0 Å². The molecule has 0 aromatic heterocycles. The Morgan fingerprint density at radius 2 is 1.88 bits per heavy atom. The number of nitrogens with one attached hydrogen (secondary N) is 5. The van der Waals surface area contributed by atoms with E-state index < -0.39 is 53.6 Å². The summed E-state index contributed by atoms with van der Waals surface area (Å²) in [5.41, 5.74) is -0.648. The lowest BCUT2D eigenvalue weighted by atomic mass is 9.98. The third-order valence-corrected chi connectivity index (χ3v) is 5.02. The fourth-order valence-corrected chi connectivity index (χ4v) is 3.46. The van der Waals surface area contributed by atoms with Gasteiger partial charge in [0.15, 0.2) is 11.6 Å². The maximum atomic E-state index is 13.7. The Bertz CT molecular complexity index is 842. The van der Waals surface area contributed by atoms with Crippen LogP contribution >= 0.6 is 0 Å². The van der Waals surface area contributed by atoms with Crippen LogP contribution in [0.5, 0.6) is 0 Å². The Labute approximate surface area is 184 Å². The molecule has 0 unspecified atom stereocenters. The first kappa shape index (κ1) is 25.2. The van der Waals surface area contributed by atoms with Gasteiger partial charge in [-0.1, -0.05) is 13.8 Å². The molecule has 2 rings (SSSR count). The normalized spacial score (nSPS) is 17.4. The van der Waals surface area contributed by atoms with Crippen LogP contribution < -0.4 is 21.3 Å². The molecule has 3 atom stereocenters. The summed E-state index contributed by atoms with van der Waals surface area (Å²) < 4.78 is 40.4. The zero-order chi connectivity index (χ0) is 23.8. The Hall–Kier alpha value is -3.11. The van der Waals surface area contributed by atoms with Crippen molar-refractivity contribution in [2.24, 2.45) is 11.8 Å². The molecule has 1 aromatic rings. The third-order valence-electron chi connectivity index (χ3n) is 5.02. The molecule has 1 saturated heterocycles. The molecule has 1 heterocycles. The van der Waals surface area contributed by atoms with E-state index in [1.807, 2.05) is 13.8 Å². The van der Waals surface area contributed by atoms with Gasteiger partial charge in [0.05, 0.1) is 12.6 Å². The van der Waals surface area contributed by atoms with Crippen molar-refractivity contribution in [2.75, 3.05) is 18.4 Å². The average Bonchev–Trinajstić information content (AvgIpc) is 3.10. The van der Waals surface area contributed by atoms with Crippen LogP contribution in [-0.2, 0) is 14.4 Å². The van der Waals surface area contributed by atoms with Crippen LogP contribution in [-0.4, -0.2) is 49.1 Å². The lowest BCUT2D eigenvalue weighted by molar-refractivity contribution is -0.129. The molecular formula is C21H28F3N5O3. The van der Waals surface area contributed by atoms with Crippen LogP contribution in [0.2, 0.25) is 0 Å². The maximum absolute atomic E-state index is 13.7. The fraction of sp³-hybridized carbons (Fsp3) is 0.524. The molecule has 0 radical (unpaired) electrons. The molecule has 32 heavy (non-hydrogen) atoms. The van der Waals surface area contributed by atoms with Crippen molar-refractivity contribution in [3.8, 4) is 0 Å². The summed E-state index contributed by atoms with van der Waals surface area (Å²) in [6, 6.07) is -0.656. The predicted octanol–water partition coefficient (Wildman–Crippen LogP) is 1.71. The fourth-order valence-electron chi connectivity index (χ4n) is 3.46. The van der Waals surface area contributed by atoms with Crippen LogP contribution in [0, 0.1) is 34.7 Å². The topological polar surface area (TPSA) is 123 Å². The molecule has 8 nitrogen and oxygen atoms in total. The highest BCUT2D eigenvalue weighted by Crippen LogP contribution is 2.20. The largest absolute Gasteiger partial charge is 0.371 e. The number of hydrogen-bond acceptors (Lipinski definition) is 5. The second-order valence-corrected chi connectivity index (χ2v) is 8.14. The smallest absolute Gasteiger partial charge is 0.243 e. The van der Waals surface area contributed by atoms with Gasteiger partial charge in [-0.15, -0.1) is 0 Å². The first-order chi connectivity index (χ1) is 15.1. The zero-order valence-electron chi connectivity index (χ0n) is 17.9. The van der Waals surface area contributed by atoms with Crippen molar-refractivity contribution >= 4 is 29.6 Å². The minimum Gasteiger partial charge on any atom is -0.371 e. The molecule has 1 aliphatic heterocycles. The van der Waals surface area contributed by atoms with E-state index >= 15 is 0 Å². The quantitative estimate of drug-likeness (QED) is 0.326. The molecule has 5 N–H and O–H groups in total. The van der Waals surface area contributed by atoms with Crippen molar-refractivity contribution < 1.29 is 27.6 Å². The van der Waals surface area contributed by atoms with Gasteiger partial charge in [0.25, 0.3) is 0 Å². The van der Waals surface area contributed by atoms with Gasteiger partial charge in [-0.25, -0.2) is 13.2 Å². The number of benzene rings is 1. The molecule has 1 aliphatic rings. The van der Waals surface area contributed by atoms with Crippen LogP contribution in [0.15, 0.2) is 12.1 Å². The van der Waals surface area contributed by atoms with Crippen molar-refractivity contribution in [3.63, 3.8) is 0 Å². The van der Waals surface area contributed by atoms with Crippen molar-refractivity contribution in [2.45, 2.75) is 45.2 Å². The summed E-state index contributed by atoms with van der Waals surface area (Å²) in [6.07, 6.45) is 2.21. The molecule has 11 heteroatoms. The first-order valence-corrected chi connectivity index (χ1v) is 10.4. The van der Waals surface area contributed by atoms with E-state index in [2.05, 4.69) is 21.3 Å². The van der Waals surface area contributed by atoms with E-state index in [1.54, 1.807) is 0 Å². The van der Waals surface area contributed by atoms with E-state index in [0.29, 0.717) is 25.1 Å². The molecule has 0 spiro atoms. The second-order valence-electron chi connectivity index (χ2n) is 8.14. The van der Waals surface area contributed by atoms with Gasteiger partial charge in [-0.05, 0) is 25.2 Å². The van der Waals surface area contributed by atoms with Gasteiger partial charge in [-0.2, -0.15) is 0 Å². The molecule has 0 bridgehead atoms. The number of carbonyl (C=O) groups excluding carboxylic acids is 3. The van der Waals surface area contributed by atoms with E-state index in [-0.39, 0.29) is 30.6 Å². The number of hydrogen-bond donors (Lipinski definition) is 5. The molecule has 3 amide bonds. The minimum atomic E-state index is -1.18. The molecule has 0 saturated carbocycles. The number of amides is 3. The Balaban J connectivity index is 1.97. The summed E-state index contributed by atoms with van der Waals surface area (Å²) >= 11 is 0. The number of rotatable bonds is 11. The van der Waals surface area contributed by atoms with Crippen molar-refractivity contribution in [3.05, 3.63) is 29.6 Å². The molecule has 0 aliphatic carbocycles. The number of halogens is 3. The van der Waals surface area contributed by atoms with Crippen molar-refractivity contribution in [1.82, 2.24) is 16.0 Å². The Morgan fingerprint density at radius 3 is 2.41 bits per heavy atom. The Kier molecular flexibility index (Phi) is 9.03. The van der Waals surface area contributed by atoms with Crippen LogP contribution in [0.4, 0.5) is 18.9 Å².